The van der Waals surface area contributed by atoms with Gasteiger partial charge in [-0.1, -0.05) is 32.9 Å². The quantitative estimate of drug-likeness (QED) is 0.865. The van der Waals surface area contributed by atoms with Crippen LogP contribution in [0.5, 0.6) is 5.75 Å². The Hall–Kier alpha value is -1.07. The van der Waals surface area contributed by atoms with Crippen LogP contribution in [0.25, 0.3) is 0 Å². The molecule has 0 unspecified atom stereocenters. The maximum atomic E-state index is 11.7. The SMILES string of the molecule is CC(C)(C)CS(=O)(=O)NCc1cccc(O)c1. The minimum absolute atomic E-state index is 0.0822. The van der Waals surface area contributed by atoms with Crippen LogP contribution in [0.1, 0.15) is 26.3 Å². The number of rotatable bonds is 4. The van der Waals surface area contributed by atoms with Crippen molar-refractivity contribution in [3.8, 4) is 5.75 Å². The fourth-order valence-corrected chi connectivity index (χ4v) is 3.11. The molecule has 0 spiro atoms. The van der Waals surface area contributed by atoms with Crippen molar-refractivity contribution in [1.82, 2.24) is 4.72 Å². The van der Waals surface area contributed by atoms with E-state index in [2.05, 4.69) is 4.72 Å². The first kappa shape index (κ1) is 14.0. The summed E-state index contributed by atoms with van der Waals surface area (Å²) in [7, 11) is -3.28. The molecule has 96 valence electrons. The molecule has 1 aromatic rings. The third kappa shape index (κ3) is 5.70. The number of phenols is 1. The van der Waals surface area contributed by atoms with Gasteiger partial charge in [0.2, 0.25) is 10.0 Å². The Balaban J connectivity index is 2.62. The summed E-state index contributed by atoms with van der Waals surface area (Å²) >= 11 is 0. The zero-order chi connectivity index (χ0) is 13.1. The molecule has 0 bridgehead atoms. The summed E-state index contributed by atoms with van der Waals surface area (Å²) in [5.41, 5.74) is 0.465. The summed E-state index contributed by atoms with van der Waals surface area (Å²) in [6.07, 6.45) is 0. The lowest BCUT2D eigenvalue weighted by atomic mass is 10.0. The second-order valence-corrected chi connectivity index (χ2v) is 7.12. The van der Waals surface area contributed by atoms with Crippen molar-refractivity contribution in [3.05, 3.63) is 29.8 Å². The first-order valence-corrected chi connectivity index (χ1v) is 7.08. The second-order valence-electron chi connectivity index (χ2n) is 5.31. The van der Waals surface area contributed by atoms with E-state index >= 15 is 0 Å². The van der Waals surface area contributed by atoms with Crippen LogP contribution in [0.3, 0.4) is 0 Å². The lowest BCUT2D eigenvalue weighted by molar-refractivity contribution is 0.457. The fourth-order valence-electron chi connectivity index (χ4n) is 1.48. The van der Waals surface area contributed by atoms with Gasteiger partial charge in [-0.3, -0.25) is 0 Å². The third-order valence-electron chi connectivity index (χ3n) is 2.03. The summed E-state index contributed by atoms with van der Waals surface area (Å²) in [5.74, 6) is 0.219. The normalized spacial score (nSPS) is 12.6. The number of aromatic hydroxyl groups is 1. The van der Waals surface area contributed by atoms with Crippen molar-refractivity contribution in [2.75, 3.05) is 5.75 Å². The van der Waals surface area contributed by atoms with Crippen molar-refractivity contribution in [2.45, 2.75) is 27.3 Å². The van der Waals surface area contributed by atoms with Gasteiger partial charge in [0.1, 0.15) is 5.75 Å². The lowest BCUT2D eigenvalue weighted by Gasteiger charge is -2.18. The molecule has 1 aromatic carbocycles. The Morgan fingerprint density at radius 2 is 1.94 bits per heavy atom. The van der Waals surface area contributed by atoms with Crippen LogP contribution in [0.4, 0.5) is 0 Å². The Morgan fingerprint density at radius 3 is 2.47 bits per heavy atom. The Kier molecular flexibility index (Phi) is 4.16. The van der Waals surface area contributed by atoms with Gasteiger partial charge in [-0.15, -0.1) is 0 Å². The number of phenolic OH excluding ortho intramolecular Hbond substituents is 1. The lowest BCUT2D eigenvalue weighted by Crippen LogP contribution is -2.31. The van der Waals surface area contributed by atoms with Crippen molar-refractivity contribution < 1.29 is 13.5 Å². The van der Waals surface area contributed by atoms with Gasteiger partial charge >= 0.3 is 0 Å². The number of sulfonamides is 1. The average Bonchev–Trinajstić information content (AvgIpc) is 2.11. The van der Waals surface area contributed by atoms with Crippen molar-refractivity contribution in [1.29, 1.82) is 0 Å². The molecule has 0 amide bonds. The Bertz CT molecular complexity index is 475. The van der Waals surface area contributed by atoms with E-state index in [1.807, 2.05) is 20.8 Å². The highest BCUT2D eigenvalue weighted by Crippen LogP contribution is 2.16. The van der Waals surface area contributed by atoms with Crippen LogP contribution in [0, 0.1) is 5.41 Å². The van der Waals surface area contributed by atoms with Crippen molar-refractivity contribution in [3.63, 3.8) is 0 Å². The van der Waals surface area contributed by atoms with Gasteiger partial charge in [0.25, 0.3) is 0 Å². The highest BCUT2D eigenvalue weighted by molar-refractivity contribution is 7.89. The fraction of sp³-hybridized carbons (Fsp3) is 0.500. The van der Waals surface area contributed by atoms with Gasteiger partial charge in [-0.25, -0.2) is 13.1 Å². The molecule has 4 nitrogen and oxygen atoms in total. The molecule has 0 saturated heterocycles. The van der Waals surface area contributed by atoms with Gasteiger partial charge in [-0.05, 0) is 23.1 Å². The minimum atomic E-state index is -3.28. The summed E-state index contributed by atoms with van der Waals surface area (Å²) in [5, 5.41) is 9.25. The zero-order valence-corrected chi connectivity index (χ0v) is 11.2. The van der Waals surface area contributed by atoms with Gasteiger partial charge in [0.05, 0.1) is 5.75 Å². The molecule has 1 rings (SSSR count). The summed E-state index contributed by atoms with van der Waals surface area (Å²) in [4.78, 5) is 0. The third-order valence-corrected chi connectivity index (χ3v) is 3.86. The number of hydrogen-bond acceptors (Lipinski definition) is 3. The molecule has 5 heteroatoms. The highest BCUT2D eigenvalue weighted by Gasteiger charge is 2.20. The van der Waals surface area contributed by atoms with E-state index in [-0.39, 0.29) is 23.5 Å². The van der Waals surface area contributed by atoms with Gasteiger partial charge < -0.3 is 5.11 Å². The van der Waals surface area contributed by atoms with Gasteiger partial charge in [-0.2, -0.15) is 0 Å². The van der Waals surface area contributed by atoms with Crippen LogP contribution < -0.4 is 4.72 Å². The molecule has 0 aliphatic carbocycles. The molecule has 2 N–H and O–H groups in total. The van der Waals surface area contributed by atoms with E-state index in [1.54, 1.807) is 24.3 Å². The molecule has 0 aromatic heterocycles. The molecule has 0 heterocycles. The maximum absolute atomic E-state index is 11.7. The molecular weight excluding hydrogens is 238 g/mol. The predicted octanol–water partition coefficient (Wildman–Crippen LogP) is 1.86. The molecule has 0 aliphatic heterocycles. The Labute approximate surface area is 103 Å². The largest absolute Gasteiger partial charge is 0.508 e. The van der Waals surface area contributed by atoms with Gasteiger partial charge in [0.15, 0.2) is 0 Å². The maximum Gasteiger partial charge on any atom is 0.212 e. The molecule has 17 heavy (non-hydrogen) atoms. The monoisotopic (exact) mass is 257 g/mol. The molecule has 0 fully saturated rings. The van der Waals surface area contributed by atoms with Crippen LogP contribution in [-0.4, -0.2) is 19.3 Å². The molecule has 0 radical (unpaired) electrons. The average molecular weight is 257 g/mol. The van der Waals surface area contributed by atoms with E-state index in [0.717, 1.165) is 5.56 Å². The summed E-state index contributed by atoms with van der Waals surface area (Å²) in [6.45, 7) is 5.83. The smallest absolute Gasteiger partial charge is 0.212 e. The summed E-state index contributed by atoms with van der Waals surface area (Å²) < 4.78 is 26.0. The first-order valence-electron chi connectivity index (χ1n) is 5.43. The number of benzene rings is 1. The number of hydrogen-bond donors (Lipinski definition) is 2. The van der Waals surface area contributed by atoms with E-state index in [1.165, 1.54) is 0 Å². The number of nitrogens with one attached hydrogen (secondary N) is 1. The first-order chi connectivity index (χ1) is 7.68. The van der Waals surface area contributed by atoms with E-state index in [0.29, 0.717) is 0 Å². The highest BCUT2D eigenvalue weighted by atomic mass is 32.2. The van der Waals surface area contributed by atoms with Crippen LogP contribution in [0.15, 0.2) is 24.3 Å². The topological polar surface area (TPSA) is 66.4 Å². The van der Waals surface area contributed by atoms with E-state index in [9.17, 15) is 13.5 Å². The zero-order valence-electron chi connectivity index (χ0n) is 10.4. The van der Waals surface area contributed by atoms with Crippen LogP contribution in [-0.2, 0) is 16.6 Å². The predicted molar refractivity (Wildman–Crippen MR) is 68.2 cm³/mol. The second kappa shape index (κ2) is 5.06. The van der Waals surface area contributed by atoms with E-state index in [4.69, 9.17) is 0 Å². The molecule has 0 saturated carbocycles. The molecule has 0 atom stereocenters. The Morgan fingerprint density at radius 1 is 1.29 bits per heavy atom. The summed E-state index contributed by atoms with van der Waals surface area (Å²) in [6, 6.07) is 6.54. The van der Waals surface area contributed by atoms with Crippen molar-refractivity contribution in [2.24, 2.45) is 5.41 Å². The van der Waals surface area contributed by atoms with Crippen LogP contribution >= 0.6 is 0 Å². The van der Waals surface area contributed by atoms with Crippen LogP contribution in [0.2, 0.25) is 0 Å². The van der Waals surface area contributed by atoms with E-state index < -0.39 is 10.0 Å². The molecular formula is C12H19NO3S. The molecule has 0 aliphatic rings. The standard InChI is InChI=1S/C12H19NO3S/c1-12(2,3)9-17(15,16)13-8-10-5-4-6-11(14)7-10/h4-7,13-14H,8-9H2,1-3H3. The minimum Gasteiger partial charge on any atom is -0.508 e. The van der Waals surface area contributed by atoms with Crippen molar-refractivity contribution >= 4 is 10.0 Å². The van der Waals surface area contributed by atoms with Gasteiger partial charge in [0, 0.05) is 6.54 Å².